The zero-order valence-corrected chi connectivity index (χ0v) is 8.82. The van der Waals surface area contributed by atoms with Crippen LogP contribution in [0.3, 0.4) is 0 Å². The van der Waals surface area contributed by atoms with Gasteiger partial charge in [0.2, 0.25) is 0 Å². The van der Waals surface area contributed by atoms with Crippen LogP contribution in [0.25, 0.3) is 0 Å². The van der Waals surface area contributed by atoms with Gasteiger partial charge in [0.05, 0.1) is 0 Å². The Bertz CT molecular complexity index is 158. The molecule has 0 atom stereocenters. The van der Waals surface area contributed by atoms with Crippen molar-refractivity contribution in [3.05, 3.63) is 11.8 Å². The van der Waals surface area contributed by atoms with Crippen LogP contribution in [0.2, 0.25) is 0 Å². The van der Waals surface area contributed by atoms with Crippen LogP contribution in [0.1, 0.15) is 20.8 Å². The minimum Gasteiger partial charge on any atom is -0.302 e. The summed E-state index contributed by atoms with van der Waals surface area (Å²) < 4.78 is 0. The van der Waals surface area contributed by atoms with Crippen molar-refractivity contribution < 1.29 is 0 Å². The van der Waals surface area contributed by atoms with Crippen molar-refractivity contribution in [3.63, 3.8) is 0 Å². The third-order valence-corrected chi connectivity index (χ3v) is 1.81. The van der Waals surface area contributed by atoms with Crippen LogP contribution in [0.15, 0.2) is 11.8 Å². The standard InChI is InChI=1S/C8H17N3.ClH/c1-4-10-6-8(3)7-11(5-2)9-10;/h6,9H,4-5,7H2,1-3H3;1H. The Morgan fingerprint density at radius 2 is 2.08 bits per heavy atom. The lowest BCUT2D eigenvalue weighted by atomic mass is 10.3. The predicted molar refractivity (Wildman–Crippen MR) is 53.8 cm³/mol. The number of halogens is 1. The second-order valence-electron chi connectivity index (χ2n) is 2.88. The van der Waals surface area contributed by atoms with E-state index in [0.29, 0.717) is 0 Å². The topological polar surface area (TPSA) is 18.5 Å². The number of nitrogens with zero attached hydrogens (tertiary/aromatic N) is 2. The summed E-state index contributed by atoms with van der Waals surface area (Å²) in [7, 11) is 0. The smallest absolute Gasteiger partial charge is 0.0373 e. The molecule has 0 saturated carbocycles. The maximum absolute atomic E-state index is 3.27. The molecule has 0 aromatic carbocycles. The third kappa shape index (κ3) is 3.01. The largest absolute Gasteiger partial charge is 0.302 e. The fraction of sp³-hybridized carbons (Fsp3) is 0.750. The highest BCUT2D eigenvalue weighted by molar-refractivity contribution is 5.85. The molecule has 4 heteroatoms. The number of nitrogens with one attached hydrogen (secondary N) is 1. The van der Waals surface area contributed by atoms with E-state index in [1.165, 1.54) is 5.57 Å². The van der Waals surface area contributed by atoms with E-state index >= 15 is 0 Å². The van der Waals surface area contributed by atoms with Crippen LogP contribution in [0.5, 0.6) is 0 Å². The van der Waals surface area contributed by atoms with Crippen LogP contribution < -0.4 is 5.53 Å². The van der Waals surface area contributed by atoms with Crippen molar-refractivity contribution in [2.75, 3.05) is 19.6 Å². The van der Waals surface area contributed by atoms with Crippen molar-refractivity contribution in [1.82, 2.24) is 15.6 Å². The summed E-state index contributed by atoms with van der Waals surface area (Å²) in [6.07, 6.45) is 2.16. The van der Waals surface area contributed by atoms with Gasteiger partial charge in [0, 0.05) is 25.8 Å². The molecule has 0 aromatic heterocycles. The summed E-state index contributed by atoms with van der Waals surface area (Å²) in [5, 5.41) is 4.29. The lowest BCUT2D eigenvalue weighted by Crippen LogP contribution is -2.51. The van der Waals surface area contributed by atoms with Crippen LogP contribution in [0.4, 0.5) is 0 Å². The molecular formula is C8H18ClN3. The van der Waals surface area contributed by atoms with Gasteiger partial charge in [-0.2, -0.15) is 5.53 Å². The van der Waals surface area contributed by atoms with Gasteiger partial charge in [-0.3, -0.25) is 0 Å². The van der Waals surface area contributed by atoms with Crippen LogP contribution in [-0.2, 0) is 0 Å². The predicted octanol–water partition coefficient (Wildman–Crippen LogP) is 1.39. The average molecular weight is 192 g/mol. The van der Waals surface area contributed by atoms with E-state index in [1.807, 2.05) is 0 Å². The average Bonchev–Trinajstić information content (AvgIpc) is 2.03. The fourth-order valence-corrected chi connectivity index (χ4v) is 1.20. The first-order valence-corrected chi connectivity index (χ1v) is 4.21. The molecule has 0 aromatic rings. The van der Waals surface area contributed by atoms with E-state index in [1.54, 1.807) is 0 Å². The van der Waals surface area contributed by atoms with E-state index in [-0.39, 0.29) is 12.4 Å². The molecule has 3 nitrogen and oxygen atoms in total. The molecule has 1 rings (SSSR count). The minimum atomic E-state index is 0. The molecule has 1 N–H and O–H groups in total. The fourth-order valence-electron chi connectivity index (χ4n) is 1.20. The highest BCUT2D eigenvalue weighted by Crippen LogP contribution is 2.04. The van der Waals surface area contributed by atoms with Gasteiger partial charge in [-0.15, -0.1) is 12.4 Å². The van der Waals surface area contributed by atoms with Gasteiger partial charge < -0.3 is 5.01 Å². The summed E-state index contributed by atoms with van der Waals surface area (Å²) in [6, 6.07) is 0. The molecule has 0 spiro atoms. The molecule has 12 heavy (non-hydrogen) atoms. The Kier molecular flexibility index (Phi) is 5.29. The summed E-state index contributed by atoms with van der Waals surface area (Å²) in [4.78, 5) is 0. The molecule has 0 saturated heterocycles. The van der Waals surface area contributed by atoms with Gasteiger partial charge in [0.15, 0.2) is 0 Å². The first-order chi connectivity index (χ1) is 5.26. The second-order valence-corrected chi connectivity index (χ2v) is 2.88. The molecule has 0 bridgehead atoms. The third-order valence-electron chi connectivity index (χ3n) is 1.81. The molecule has 1 heterocycles. The summed E-state index contributed by atoms with van der Waals surface area (Å²) >= 11 is 0. The maximum Gasteiger partial charge on any atom is 0.0373 e. The highest BCUT2D eigenvalue weighted by Gasteiger charge is 2.10. The Balaban J connectivity index is 0.00000121. The van der Waals surface area contributed by atoms with E-state index in [4.69, 9.17) is 0 Å². The van der Waals surface area contributed by atoms with Gasteiger partial charge in [0.25, 0.3) is 0 Å². The molecule has 0 radical (unpaired) electrons. The zero-order chi connectivity index (χ0) is 8.27. The van der Waals surface area contributed by atoms with Crippen molar-refractivity contribution >= 4 is 12.4 Å². The Labute approximate surface area is 80.8 Å². The number of likely N-dealkylation sites (N-methyl/N-ethyl adjacent to an activating group) is 1. The number of hydrazine groups is 2. The monoisotopic (exact) mass is 191 g/mol. The maximum atomic E-state index is 3.27. The Morgan fingerprint density at radius 3 is 2.58 bits per heavy atom. The van der Waals surface area contributed by atoms with Gasteiger partial charge in [0.1, 0.15) is 0 Å². The van der Waals surface area contributed by atoms with Crippen molar-refractivity contribution in [1.29, 1.82) is 0 Å². The minimum absolute atomic E-state index is 0. The zero-order valence-electron chi connectivity index (χ0n) is 8.00. The highest BCUT2D eigenvalue weighted by atomic mass is 35.5. The molecule has 0 aliphatic carbocycles. The van der Waals surface area contributed by atoms with Crippen LogP contribution >= 0.6 is 12.4 Å². The first-order valence-electron chi connectivity index (χ1n) is 4.21. The van der Waals surface area contributed by atoms with Gasteiger partial charge in [-0.05, 0) is 19.4 Å². The Morgan fingerprint density at radius 1 is 1.42 bits per heavy atom. The van der Waals surface area contributed by atoms with Crippen molar-refractivity contribution in [2.24, 2.45) is 0 Å². The van der Waals surface area contributed by atoms with E-state index in [0.717, 1.165) is 19.6 Å². The molecular weight excluding hydrogens is 174 g/mol. The summed E-state index contributed by atoms with van der Waals surface area (Å²) in [6.45, 7) is 9.53. The molecule has 0 unspecified atom stereocenters. The SMILES string of the molecule is CCN1C=C(C)CN(CC)N1.Cl. The van der Waals surface area contributed by atoms with Crippen LogP contribution in [0, 0.1) is 0 Å². The normalized spacial score (nSPS) is 18.6. The number of hydrogen-bond acceptors (Lipinski definition) is 3. The molecule has 0 amide bonds. The summed E-state index contributed by atoms with van der Waals surface area (Å²) in [5.74, 6) is 0. The number of hydrogen-bond donors (Lipinski definition) is 1. The molecule has 72 valence electrons. The van der Waals surface area contributed by atoms with Gasteiger partial charge in [-0.1, -0.05) is 6.92 Å². The lowest BCUT2D eigenvalue weighted by molar-refractivity contribution is 0.0584. The number of rotatable bonds is 2. The Hall–Kier alpha value is -0.250. The van der Waals surface area contributed by atoms with Gasteiger partial charge in [-0.25, -0.2) is 5.01 Å². The lowest BCUT2D eigenvalue weighted by Gasteiger charge is -2.34. The van der Waals surface area contributed by atoms with Crippen LogP contribution in [-0.4, -0.2) is 29.7 Å². The molecule has 1 aliphatic heterocycles. The van der Waals surface area contributed by atoms with Crippen molar-refractivity contribution in [2.45, 2.75) is 20.8 Å². The second kappa shape index (κ2) is 5.41. The molecule has 0 fully saturated rings. The van der Waals surface area contributed by atoms with Gasteiger partial charge >= 0.3 is 0 Å². The van der Waals surface area contributed by atoms with E-state index in [9.17, 15) is 0 Å². The summed E-state index contributed by atoms with van der Waals surface area (Å²) in [5.41, 5.74) is 4.68. The molecule has 1 aliphatic rings. The van der Waals surface area contributed by atoms with E-state index < -0.39 is 0 Å². The van der Waals surface area contributed by atoms with Crippen molar-refractivity contribution in [3.8, 4) is 0 Å². The quantitative estimate of drug-likeness (QED) is 0.712. The van der Waals surface area contributed by atoms with E-state index in [2.05, 4.69) is 42.5 Å². The first kappa shape index (κ1) is 11.8.